The molecule has 7 nitrogen and oxygen atoms in total. The van der Waals surface area contributed by atoms with Crippen molar-refractivity contribution in [3.63, 3.8) is 0 Å². The maximum Gasteiger partial charge on any atom is 0.186 e. The van der Waals surface area contributed by atoms with Crippen LogP contribution in [0.25, 0.3) is 17.0 Å². The average molecular weight is 435 g/mol. The first-order valence-corrected chi connectivity index (χ1v) is 11.5. The Hall–Kier alpha value is -2.81. The van der Waals surface area contributed by atoms with Gasteiger partial charge in [-0.05, 0) is 48.6 Å². The first-order valence-electron chi connectivity index (χ1n) is 10.6. The normalized spacial score (nSPS) is 19.7. The van der Waals surface area contributed by atoms with Crippen LogP contribution in [0.1, 0.15) is 25.0 Å². The highest BCUT2D eigenvalue weighted by molar-refractivity contribution is 7.08. The summed E-state index contributed by atoms with van der Waals surface area (Å²) in [4.78, 5) is 2.47. The SMILES string of the molecule is CC1CN(Cc2ccc(CNc3ccc4nnc(-c5ccsc5)n4n3)cc2)CC(C)O1. The third kappa shape index (κ3) is 4.61. The Morgan fingerprint density at radius 3 is 2.52 bits per heavy atom. The van der Waals surface area contributed by atoms with E-state index in [0.717, 1.165) is 42.5 Å². The molecule has 0 bridgehead atoms. The number of fused-ring (bicyclic) bond motifs is 1. The van der Waals surface area contributed by atoms with Crippen molar-refractivity contribution < 1.29 is 4.74 Å². The summed E-state index contributed by atoms with van der Waals surface area (Å²) in [6.07, 6.45) is 0.589. The van der Waals surface area contributed by atoms with E-state index >= 15 is 0 Å². The zero-order valence-corrected chi connectivity index (χ0v) is 18.5. The molecule has 0 saturated carbocycles. The lowest BCUT2D eigenvalue weighted by Crippen LogP contribution is -2.44. The molecule has 0 amide bonds. The van der Waals surface area contributed by atoms with Crippen LogP contribution in [0, 0.1) is 0 Å². The summed E-state index contributed by atoms with van der Waals surface area (Å²) in [7, 11) is 0. The average Bonchev–Trinajstić information content (AvgIpc) is 3.42. The summed E-state index contributed by atoms with van der Waals surface area (Å²) in [6.45, 7) is 7.93. The molecule has 4 heterocycles. The summed E-state index contributed by atoms with van der Waals surface area (Å²) in [5.41, 5.74) is 4.32. The summed E-state index contributed by atoms with van der Waals surface area (Å²) in [6, 6.07) is 14.7. The molecule has 4 aromatic rings. The Morgan fingerprint density at radius 2 is 1.77 bits per heavy atom. The first kappa shape index (κ1) is 20.1. The van der Waals surface area contributed by atoms with Crippen LogP contribution >= 0.6 is 11.3 Å². The Kier molecular flexibility index (Phi) is 5.67. The van der Waals surface area contributed by atoms with Crippen LogP contribution < -0.4 is 5.32 Å². The standard InChI is InChI=1S/C23H26N6OS/c1-16-12-28(13-17(2)30-16)14-19-5-3-18(4-6-19)11-24-21-7-8-22-25-26-23(29(22)27-21)20-9-10-31-15-20/h3-10,15-17H,11-14H2,1-2H3,(H,24,27). The van der Waals surface area contributed by atoms with Crippen molar-refractivity contribution in [3.05, 3.63) is 64.4 Å². The van der Waals surface area contributed by atoms with E-state index in [1.807, 2.05) is 23.6 Å². The molecule has 160 valence electrons. The van der Waals surface area contributed by atoms with Gasteiger partial charge in [0.15, 0.2) is 11.5 Å². The Bertz CT molecular complexity index is 1130. The number of benzene rings is 1. The third-order valence-corrected chi connectivity index (χ3v) is 6.12. The second-order valence-corrected chi connectivity index (χ2v) is 8.93. The summed E-state index contributed by atoms with van der Waals surface area (Å²) in [5.74, 6) is 1.56. The monoisotopic (exact) mass is 434 g/mol. The number of nitrogens with zero attached hydrogens (tertiary/aromatic N) is 5. The van der Waals surface area contributed by atoms with Crippen molar-refractivity contribution in [1.82, 2.24) is 24.7 Å². The number of hydrogen-bond acceptors (Lipinski definition) is 7. The van der Waals surface area contributed by atoms with Crippen molar-refractivity contribution in [2.45, 2.75) is 39.1 Å². The molecule has 1 N–H and O–H groups in total. The molecule has 2 unspecified atom stereocenters. The fourth-order valence-corrected chi connectivity index (χ4v) is 4.72. The summed E-state index contributed by atoms with van der Waals surface area (Å²) < 4.78 is 7.62. The van der Waals surface area contributed by atoms with E-state index in [1.165, 1.54) is 11.1 Å². The second-order valence-electron chi connectivity index (χ2n) is 8.15. The van der Waals surface area contributed by atoms with Gasteiger partial charge in [0.2, 0.25) is 0 Å². The maximum atomic E-state index is 5.83. The van der Waals surface area contributed by atoms with E-state index < -0.39 is 0 Å². The Labute approximate surface area is 185 Å². The van der Waals surface area contributed by atoms with Gasteiger partial charge in [-0.1, -0.05) is 24.3 Å². The summed E-state index contributed by atoms with van der Waals surface area (Å²) >= 11 is 1.64. The van der Waals surface area contributed by atoms with E-state index in [4.69, 9.17) is 4.74 Å². The molecule has 1 fully saturated rings. The number of hydrogen-bond donors (Lipinski definition) is 1. The van der Waals surface area contributed by atoms with Gasteiger partial charge in [0.05, 0.1) is 12.2 Å². The highest BCUT2D eigenvalue weighted by Crippen LogP contribution is 2.21. The minimum atomic E-state index is 0.294. The van der Waals surface area contributed by atoms with Gasteiger partial charge in [-0.15, -0.1) is 15.3 Å². The van der Waals surface area contributed by atoms with Crippen molar-refractivity contribution in [2.75, 3.05) is 18.4 Å². The van der Waals surface area contributed by atoms with Crippen LogP contribution in [0.3, 0.4) is 0 Å². The fraction of sp³-hybridized carbons (Fsp3) is 0.348. The number of morpholine rings is 1. The van der Waals surface area contributed by atoms with Crippen molar-refractivity contribution >= 4 is 22.8 Å². The van der Waals surface area contributed by atoms with Gasteiger partial charge >= 0.3 is 0 Å². The van der Waals surface area contributed by atoms with E-state index in [0.29, 0.717) is 18.8 Å². The molecule has 1 aliphatic heterocycles. The zero-order chi connectivity index (χ0) is 21.2. The summed E-state index contributed by atoms with van der Waals surface area (Å²) in [5, 5.41) is 20.7. The lowest BCUT2D eigenvalue weighted by Gasteiger charge is -2.35. The largest absolute Gasteiger partial charge is 0.373 e. The highest BCUT2D eigenvalue weighted by Gasteiger charge is 2.21. The predicted molar refractivity (Wildman–Crippen MR) is 123 cm³/mol. The van der Waals surface area contributed by atoms with Gasteiger partial charge < -0.3 is 10.1 Å². The van der Waals surface area contributed by atoms with E-state index in [-0.39, 0.29) is 0 Å². The molecule has 1 aromatic carbocycles. The molecule has 0 spiro atoms. The van der Waals surface area contributed by atoms with Gasteiger partial charge in [0, 0.05) is 37.1 Å². The van der Waals surface area contributed by atoms with E-state index in [9.17, 15) is 0 Å². The van der Waals surface area contributed by atoms with Crippen molar-refractivity contribution in [2.24, 2.45) is 0 Å². The van der Waals surface area contributed by atoms with E-state index in [1.54, 1.807) is 15.9 Å². The molecule has 2 atom stereocenters. The number of thiophene rings is 1. The quantitative estimate of drug-likeness (QED) is 0.493. The topological polar surface area (TPSA) is 67.6 Å². The molecule has 1 saturated heterocycles. The lowest BCUT2D eigenvalue weighted by molar-refractivity contribution is -0.0704. The molecule has 0 radical (unpaired) electrons. The van der Waals surface area contributed by atoms with Crippen LogP contribution in [0.5, 0.6) is 0 Å². The Morgan fingerprint density at radius 1 is 1.00 bits per heavy atom. The Balaban J connectivity index is 1.23. The van der Waals surface area contributed by atoms with Gasteiger partial charge in [-0.3, -0.25) is 4.90 Å². The molecule has 1 aliphatic rings. The first-order chi connectivity index (χ1) is 15.1. The van der Waals surface area contributed by atoms with Crippen LogP contribution in [0.2, 0.25) is 0 Å². The minimum Gasteiger partial charge on any atom is -0.373 e. The molecular weight excluding hydrogens is 408 g/mol. The number of anilines is 1. The van der Waals surface area contributed by atoms with Crippen LogP contribution in [0.15, 0.2) is 53.2 Å². The fourth-order valence-electron chi connectivity index (χ4n) is 4.08. The van der Waals surface area contributed by atoms with Crippen molar-refractivity contribution in [1.29, 1.82) is 0 Å². The molecule has 5 rings (SSSR count). The third-order valence-electron chi connectivity index (χ3n) is 5.44. The lowest BCUT2D eigenvalue weighted by atomic mass is 10.1. The smallest absolute Gasteiger partial charge is 0.186 e. The molecule has 0 aliphatic carbocycles. The number of nitrogens with one attached hydrogen (secondary N) is 1. The van der Waals surface area contributed by atoms with Gasteiger partial charge in [0.25, 0.3) is 0 Å². The number of rotatable bonds is 6. The highest BCUT2D eigenvalue weighted by atomic mass is 32.1. The molecule has 31 heavy (non-hydrogen) atoms. The second kappa shape index (κ2) is 8.74. The van der Waals surface area contributed by atoms with Crippen LogP contribution in [-0.2, 0) is 17.8 Å². The minimum absolute atomic E-state index is 0.294. The predicted octanol–water partition coefficient (Wildman–Crippen LogP) is 4.07. The molecular formula is C23H26N6OS. The molecule has 8 heteroatoms. The van der Waals surface area contributed by atoms with Crippen LogP contribution in [-0.4, -0.2) is 50.0 Å². The van der Waals surface area contributed by atoms with Crippen LogP contribution in [0.4, 0.5) is 5.82 Å². The number of aromatic nitrogens is 4. The maximum absolute atomic E-state index is 5.83. The zero-order valence-electron chi connectivity index (χ0n) is 17.7. The van der Waals surface area contributed by atoms with E-state index in [2.05, 4.69) is 69.0 Å². The van der Waals surface area contributed by atoms with Crippen molar-refractivity contribution in [3.8, 4) is 11.4 Å². The van der Waals surface area contributed by atoms with Gasteiger partial charge in [0.1, 0.15) is 5.82 Å². The van der Waals surface area contributed by atoms with Gasteiger partial charge in [-0.2, -0.15) is 15.9 Å². The number of ether oxygens (including phenoxy) is 1. The van der Waals surface area contributed by atoms with Gasteiger partial charge in [-0.25, -0.2) is 0 Å². The molecule has 3 aromatic heterocycles.